The highest BCUT2D eigenvalue weighted by Crippen LogP contribution is 2.25. The van der Waals surface area contributed by atoms with E-state index < -0.39 is 4.92 Å². The van der Waals surface area contributed by atoms with Gasteiger partial charge in [0.2, 0.25) is 11.1 Å². The van der Waals surface area contributed by atoms with Gasteiger partial charge in [0.1, 0.15) is 0 Å². The fourth-order valence-corrected chi connectivity index (χ4v) is 3.71. The smallest absolute Gasteiger partial charge is 0.269 e. The molecule has 0 spiro atoms. The molecule has 156 valence electrons. The van der Waals surface area contributed by atoms with Crippen LogP contribution in [0.5, 0.6) is 0 Å². The number of aromatic nitrogens is 4. The zero-order chi connectivity index (χ0) is 21.8. The number of rotatable bonds is 7. The summed E-state index contributed by atoms with van der Waals surface area (Å²) < 4.78 is 3.70. The molecule has 0 aliphatic rings. The second-order valence-corrected chi connectivity index (χ2v) is 7.63. The molecule has 0 atom stereocenters. The molecule has 9 nitrogen and oxygen atoms in total. The van der Waals surface area contributed by atoms with Gasteiger partial charge >= 0.3 is 0 Å². The van der Waals surface area contributed by atoms with Crippen molar-refractivity contribution in [3.8, 4) is 11.4 Å². The van der Waals surface area contributed by atoms with E-state index in [9.17, 15) is 14.9 Å². The van der Waals surface area contributed by atoms with E-state index in [0.29, 0.717) is 16.7 Å². The van der Waals surface area contributed by atoms with Gasteiger partial charge in [-0.2, -0.15) is 0 Å². The third kappa shape index (κ3) is 4.64. The fourth-order valence-electron chi connectivity index (χ4n) is 2.98. The molecule has 0 aliphatic carbocycles. The van der Waals surface area contributed by atoms with Crippen LogP contribution in [0.2, 0.25) is 0 Å². The average molecular weight is 434 g/mol. The molecule has 0 radical (unpaired) electrons. The Morgan fingerprint density at radius 2 is 1.84 bits per heavy atom. The molecular formula is C21H18N6O3S. The van der Waals surface area contributed by atoms with Crippen molar-refractivity contribution in [1.29, 1.82) is 0 Å². The molecule has 31 heavy (non-hydrogen) atoms. The summed E-state index contributed by atoms with van der Waals surface area (Å²) in [5, 5.41) is 22.7. The number of non-ortho nitro benzene ring substituents is 1. The second-order valence-electron chi connectivity index (χ2n) is 6.69. The van der Waals surface area contributed by atoms with Crippen LogP contribution in [0.25, 0.3) is 11.4 Å². The SMILES string of the molecule is Cc1cccc(-c2nnc(SCC(=O)Nc3ccc([N+](=O)[O-])cc3)n2-n2cccc2)c1. The Bertz CT molecular complexity index is 1220. The van der Waals surface area contributed by atoms with Gasteiger partial charge in [0, 0.05) is 35.8 Å². The summed E-state index contributed by atoms with van der Waals surface area (Å²) >= 11 is 1.25. The lowest BCUT2D eigenvalue weighted by Crippen LogP contribution is -2.15. The summed E-state index contributed by atoms with van der Waals surface area (Å²) in [5.41, 5.74) is 2.49. The minimum absolute atomic E-state index is 0.0316. The quantitative estimate of drug-likeness (QED) is 0.268. The average Bonchev–Trinajstić information content (AvgIpc) is 3.42. The third-order valence-electron chi connectivity index (χ3n) is 4.40. The first-order valence-corrected chi connectivity index (χ1v) is 10.3. The Labute approximate surface area is 181 Å². The lowest BCUT2D eigenvalue weighted by Gasteiger charge is -2.11. The number of hydrogen-bond donors (Lipinski definition) is 1. The molecule has 2 heterocycles. The molecule has 0 saturated carbocycles. The first kappa shape index (κ1) is 20.4. The summed E-state index contributed by atoms with van der Waals surface area (Å²) in [6.07, 6.45) is 3.76. The Hall–Kier alpha value is -3.92. The van der Waals surface area contributed by atoms with Crippen LogP contribution in [-0.2, 0) is 4.79 Å². The maximum atomic E-state index is 12.4. The number of nitro groups is 1. The van der Waals surface area contributed by atoms with Gasteiger partial charge in [-0.3, -0.25) is 19.6 Å². The van der Waals surface area contributed by atoms with Crippen molar-refractivity contribution in [1.82, 2.24) is 19.5 Å². The fraction of sp³-hybridized carbons (Fsp3) is 0.0952. The largest absolute Gasteiger partial charge is 0.325 e. The van der Waals surface area contributed by atoms with Gasteiger partial charge in [-0.15, -0.1) is 10.2 Å². The number of thioether (sulfide) groups is 1. The standard InChI is InChI=1S/C21H18N6O3S/c1-15-5-4-6-16(13-15)20-23-24-21(26(20)25-11-2-3-12-25)31-14-19(28)22-17-7-9-18(10-8-17)27(29)30/h2-13H,14H2,1H3,(H,22,28). The molecule has 0 aliphatic heterocycles. The maximum Gasteiger partial charge on any atom is 0.269 e. The predicted molar refractivity (Wildman–Crippen MR) is 118 cm³/mol. The van der Waals surface area contributed by atoms with E-state index in [4.69, 9.17) is 0 Å². The van der Waals surface area contributed by atoms with Crippen LogP contribution in [0.4, 0.5) is 11.4 Å². The lowest BCUT2D eigenvalue weighted by atomic mass is 10.1. The number of anilines is 1. The predicted octanol–water partition coefficient (Wildman–Crippen LogP) is 4.01. The monoisotopic (exact) mass is 434 g/mol. The Balaban J connectivity index is 1.52. The van der Waals surface area contributed by atoms with Gasteiger partial charge in [0.25, 0.3) is 5.69 Å². The van der Waals surface area contributed by atoms with Crippen molar-refractivity contribution in [2.45, 2.75) is 12.1 Å². The van der Waals surface area contributed by atoms with Crippen molar-refractivity contribution in [3.63, 3.8) is 0 Å². The molecular weight excluding hydrogens is 416 g/mol. The number of carbonyl (C=O) groups is 1. The molecule has 10 heteroatoms. The number of nitrogens with one attached hydrogen (secondary N) is 1. The first-order valence-electron chi connectivity index (χ1n) is 9.34. The van der Waals surface area contributed by atoms with E-state index in [0.717, 1.165) is 11.1 Å². The summed E-state index contributed by atoms with van der Waals surface area (Å²) in [6.45, 7) is 2.01. The van der Waals surface area contributed by atoms with Gasteiger partial charge in [-0.05, 0) is 37.3 Å². The van der Waals surface area contributed by atoms with Crippen LogP contribution in [0.15, 0.2) is 78.2 Å². The molecule has 0 bridgehead atoms. The second kappa shape index (κ2) is 8.84. The normalized spacial score (nSPS) is 10.7. The maximum absolute atomic E-state index is 12.4. The van der Waals surface area contributed by atoms with Crippen molar-refractivity contribution >= 4 is 29.0 Å². The van der Waals surface area contributed by atoms with E-state index in [1.54, 1.807) is 0 Å². The number of nitrogens with zero attached hydrogens (tertiary/aromatic N) is 5. The highest BCUT2D eigenvalue weighted by atomic mass is 32.2. The number of benzene rings is 2. The summed E-state index contributed by atoms with van der Waals surface area (Å²) in [5.74, 6) is 0.515. The Morgan fingerprint density at radius 1 is 1.10 bits per heavy atom. The van der Waals surface area contributed by atoms with Gasteiger partial charge < -0.3 is 5.32 Å². The number of amides is 1. The third-order valence-corrected chi connectivity index (χ3v) is 5.32. The molecule has 4 rings (SSSR count). The van der Waals surface area contributed by atoms with Crippen LogP contribution in [-0.4, -0.2) is 36.1 Å². The van der Waals surface area contributed by atoms with Crippen LogP contribution in [0.1, 0.15) is 5.56 Å². The summed E-state index contributed by atoms with van der Waals surface area (Å²) in [6, 6.07) is 17.5. The van der Waals surface area contributed by atoms with Crippen LogP contribution in [0, 0.1) is 17.0 Å². The Kier molecular flexibility index (Phi) is 5.80. The van der Waals surface area contributed by atoms with E-state index in [2.05, 4.69) is 15.5 Å². The number of aryl methyl sites for hydroxylation is 1. The molecule has 4 aromatic rings. The first-order chi connectivity index (χ1) is 15.0. The van der Waals surface area contributed by atoms with Crippen molar-refractivity contribution in [2.24, 2.45) is 0 Å². The van der Waals surface area contributed by atoms with E-state index in [1.807, 2.05) is 65.1 Å². The van der Waals surface area contributed by atoms with Gasteiger partial charge in [-0.1, -0.05) is 35.5 Å². The minimum atomic E-state index is -0.485. The zero-order valence-electron chi connectivity index (χ0n) is 16.5. The summed E-state index contributed by atoms with van der Waals surface area (Å²) in [7, 11) is 0. The molecule has 0 fully saturated rings. The van der Waals surface area contributed by atoms with E-state index in [-0.39, 0.29) is 17.3 Å². The van der Waals surface area contributed by atoms with Crippen LogP contribution >= 0.6 is 11.8 Å². The molecule has 1 N–H and O–H groups in total. The number of carbonyl (C=O) groups excluding carboxylic acids is 1. The molecule has 2 aromatic carbocycles. The zero-order valence-corrected chi connectivity index (χ0v) is 17.3. The molecule has 0 saturated heterocycles. The van der Waals surface area contributed by atoms with Crippen LogP contribution in [0.3, 0.4) is 0 Å². The summed E-state index contributed by atoms with van der Waals surface area (Å²) in [4.78, 5) is 22.7. The van der Waals surface area contributed by atoms with Gasteiger partial charge in [0.15, 0.2) is 5.82 Å². The van der Waals surface area contributed by atoms with Gasteiger partial charge in [-0.25, -0.2) is 4.68 Å². The highest BCUT2D eigenvalue weighted by molar-refractivity contribution is 7.99. The minimum Gasteiger partial charge on any atom is -0.325 e. The number of nitro benzene ring substituents is 1. The van der Waals surface area contributed by atoms with Crippen LogP contribution < -0.4 is 5.32 Å². The Morgan fingerprint density at radius 3 is 2.52 bits per heavy atom. The number of hydrogen-bond acceptors (Lipinski definition) is 6. The van der Waals surface area contributed by atoms with Crippen molar-refractivity contribution in [2.75, 3.05) is 11.1 Å². The van der Waals surface area contributed by atoms with Crippen molar-refractivity contribution in [3.05, 3.63) is 88.7 Å². The molecule has 2 aromatic heterocycles. The topological polar surface area (TPSA) is 108 Å². The van der Waals surface area contributed by atoms with Crippen molar-refractivity contribution < 1.29 is 9.72 Å². The van der Waals surface area contributed by atoms with E-state index in [1.165, 1.54) is 36.0 Å². The van der Waals surface area contributed by atoms with E-state index >= 15 is 0 Å². The molecule has 0 unspecified atom stereocenters. The lowest BCUT2D eigenvalue weighted by molar-refractivity contribution is -0.384. The molecule has 1 amide bonds. The van der Waals surface area contributed by atoms with Gasteiger partial charge in [0.05, 0.1) is 10.7 Å². The highest BCUT2D eigenvalue weighted by Gasteiger charge is 2.17.